The van der Waals surface area contributed by atoms with E-state index in [-0.39, 0.29) is 11.7 Å². The lowest BCUT2D eigenvalue weighted by Crippen LogP contribution is -2.38. The number of ketones is 1. The van der Waals surface area contributed by atoms with Crippen LogP contribution in [-0.2, 0) is 4.79 Å². The van der Waals surface area contributed by atoms with Crippen LogP contribution in [0.1, 0.15) is 23.4 Å². The van der Waals surface area contributed by atoms with Gasteiger partial charge in [-0.3, -0.25) is 9.59 Å². The number of amides is 1. The second-order valence-corrected chi connectivity index (χ2v) is 5.45. The highest BCUT2D eigenvalue weighted by Crippen LogP contribution is 2.27. The minimum atomic E-state index is -0.143. The number of piperidine rings is 1. The number of hydrogen-bond acceptors (Lipinski definition) is 3. The fraction of sp³-hybridized carbons (Fsp3) is 0.286. The summed E-state index contributed by atoms with van der Waals surface area (Å²) < 4.78 is 6.49. The molecule has 2 heterocycles. The van der Waals surface area contributed by atoms with Gasteiger partial charge < -0.3 is 9.32 Å². The fourth-order valence-electron chi connectivity index (χ4n) is 2.25. The molecule has 4 nitrogen and oxygen atoms in total. The Balaban J connectivity index is 1.89. The predicted octanol–water partition coefficient (Wildman–Crippen LogP) is 3.00. The first-order valence-corrected chi connectivity index (χ1v) is 6.93. The van der Waals surface area contributed by atoms with Crippen LogP contribution in [0.5, 0.6) is 0 Å². The van der Waals surface area contributed by atoms with Crippen molar-refractivity contribution >= 4 is 38.6 Å². The van der Waals surface area contributed by atoms with E-state index in [9.17, 15) is 9.59 Å². The third kappa shape index (κ3) is 2.30. The lowest BCUT2D eigenvalue weighted by molar-refractivity contribution is -0.120. The number of likely N-dealkylation sites (tertiary alicyclic amines) is 1. The molecule has 1 aliphatic rings. The van der Waals surface area contributed by atoms with Gasteiger partial charge in [0.05, 0.1) is 0 Å². The Labute approximate surface area is 118 Å². The zero-order valence-electron chi connectivity index (χ0n) is 10.2. The third-order valence-corrected chi connectivity index (χ3v) is 4.02. The molecule has 19 heavy (non-hydrogen) atoms. The smallest absolute Gasteiger partial charge is 0.289 e. The number of benzene rings is 1. The summed E-state index contributed by atoms with van der Waals surface area (Å²) in [6.07, 6.45) is 0.880. The summed E-state index contributed by atoms with van der Waals surface area (Å²) in [7, 11) is 0. The molecule has 0 saturated carbocycles. The number of furan rings is 1. The van der Waals surface area contributed by atoms with Crippen molar-refractivity contribution < 1.29 is 14.0 Å². The maximum Gasteiger partial charge on any atom is 0.289 e. The lowest BCUT2D eigenvalue weighted by atomic mass is 10.1. The molecule has 2 aromatic rings. The molecule has 3 rings (SSSR count). The second kappa shape index (κ2) is 4.81. The third-order valence-electron chi connectivity index (χ3n) is 3.33. The highest BCUT2D eigenvalue weighted by molar-refractivity contribution is 9.10. The van der Waals surface area contributed by atoms with Crippen LogP contribution < -0.4 is 0 Å². The fourth-order valence-corrected chi connectivity index (χ4v) is 2.71. The molecule has 1 aliphatic heterocycles. The Morgan fingerprint density at radius 1 is 1.26 bits per heavy atom. The van der Waals surface area contributed by atoms with Gasteiger partial charge in [0, 0.05) is 35.8 Å². The summed E-state index contributed by atoms with van der Waals surface area (Å²) in [6, 6.07) is 7.35. The Kier molecular flexibility index (Phi) is 3.14. The molecule has 1 aromatic heterocycles. The van der Waals surface area contributed by atoms with Crippen molar-refractivity contribution in [1.82, 2.24) is 4.90 Å². The van der Waals surface area contributed by atoms with Gasteiger partial charge in [-0.15, -0.1) is 0 Å². The van der Waals surface area contributed by atoms with E-state index in [1.165, 1.54) is 0 Å². The normalized spacial score (nSPS) is 16.1. The van der Waals surface area contributed by atoms with Gasteiger partial charge in [-0.1, -0.05) is 22.0 Å². The molecule has 1 saturated heterocycles. The van der Waals surface area contributed by atoms with E-state index in [4.69, 9.17) is 4.42 Å². The number of hydrogen-bond donors (Lipinski definition) is 0. The van der Waals surface area contributed by atoms with Crippen molar-refractivity contribution in [3.63, 3.8) is 0 Å². The molecule has 0 atom stereocenters. The Hall–Kier alpha value is -1.62. The minimum absolute atomic E-state index is 0.143. The van der Waals surface area contributed by atoms with Crippen LogP contribution in [0, 0.1) is 0 Å². The van der Waals surface area contributed by atoms with Crippen molar-refractivity contribution in [2.45, 2.75) is 12.8 Å². The van der Waals surface area contributed by atoms with Crippen LogP contribution in [0.3, 0.4) is 0 Å². The van der Waals surface area contributed by atoms with Gasteiger partial charge in [0.25, 0.3) is 5.91 Å². The Morgan fingerprint density at radius 2 is 2.00 bits per heavy atom. The molecule has 1 amide bonds. The van der Waals surface area contributed by atoms with Gasteiger partial charge in [0.15, 0.2) is 5.76 Å². The summed E-state index contributed by atoms with van der Waals surface area (Å²) in [5.41, 5.74) is 0.686. The summed E-state index contributed by atoms with van der Waals surface area (Å²) >= 11 is 3.43. The van der Waals surface area contributed by atoms with Crippen molar-refractivity contribution in [1.29, 1.82) is 0 Å². The number of carbonyl (C=O) groups excluding carboxylic acids is 2. The number of rotatable bonds is 1. The van der Waals surface area contributed by atoms with Gasteiger partial charge in [0.1, 0.15) is 11.4 Å². The molecule has 98 valence electrons. The first-order valence-electron chi connectivity index (χ1n) is 6.14. The van der Waals surface area contributed by atoms with Crippen molar-refractivity contribution in [2.24, 2.45) is 0 Å². The number of nitrogens with zero attached hydrogens (tertiary/aromatic N) is 1. The molecule has 0 spiro atoms. The molecule has 0 aliphatic carbocycles. The Morgan fingerprint density at radius 3 is 2.68 bits per heavy atom. The van der Waals surface area contributed by atoms with Gasteiger partial charge in [-0.25, -0.2) is 0 Å². The summed E-state index contributed by atoms with van der Waals surface area (Å²) in [4.78, 5) is 25.2. The van der Waals surface area contributed by atoms with Crippen molar-refractivity contribution in [2.75, 3.05) is 13.1 Å². The summed E-state index contributed by atoms with van der Waals surface area (Å²) in [6.45, 7) is 0.964. The first kappa shape index (κ1) is 12.4. The zero-order chi connectivity index (χ0) is 13.4. The van der Waals surface area contributed by atoms with E-state index in [1.54, 1.807) is 11.0 Å². The van der Waals surface area contributed by atoms with Crippen LogP contribution in [0.2, 0.25) is 0 Å². The number of carbonyl (C=O) groups is 2. The van der Waals surface area contributed by atoms with Gasteiger partial charge in [-0.05, 0) is 18.2 Å². The second-order valence-electron chi connectivity index (χ2n) is 4.59. The molecule has 1 fully saturated rings. The standard InChI is InChI=1S/C14H12BrNO3/c15-11-2-1-3-12-10(11)8-13(19-12)14(18)16-6-4-9(17)5-7-16/h1-3,8H,4-7H2. The SMILES string of the molecule is O=C1CCN(C(=O)c2cc3c(Br)cccc3o2)CC1. The average molecular weight is 322 g/mol. The molecular formula is C14H12BrNO3. The number of Topliss-reactive ketones (excluding diaryl/α,β-unsaturated/α-hetero) is 1. The van der Waals surface area contributed by atoms with E-state index in [1.807, 2.05) is 18.2 Å². The largest absolute Gasteiger partial charge is 0.451 e. The van der Waals surface area contributed by atoms with Gasteiger partial charge in [-0.2, -0.15) is 0 Å². The number of fused-ring (bicyclic) bond motifs is 1. The zero-order valence-corrected chi connectivity index (χ0v) is 11.8. The quantitative estimate of drug-likeness (QED) is 0.811. The van der Waals surface area contributed by atoms with Gasteiger partial charge in [0.2, 0.25) is 0 Å². The Bertz CT molecular complexity index is 652. The predicted molar refractivity (Wildman–Crippen MR) is 74.1 cm³/mol. The molecule has 5 heteroatoms. The first-order chi connectivity index (χ1) is 9.15. The van der Waals surface area contributed by atoms with Crippen LogP contribution in [0.25, 0.3) is 11.0 Å². The topological polar surface area (TPSA) is 50.5 Å². The molecule has 0 N–H and O–H groups in total. The minimum Gasteiger partial charge on any atom is -0.451 e. The highest BCUT2D eigenvalue weighted by Gasteiger charge is 2.24. The maximum atomic E-state index is 12.3. The van der Waals surface area contributed by atoms with E-state index >= 15 is 0 Å². The summed E-state index contributed by atoms with van der Waals surface area (Å²) in [5, 5.41) is 0.888. The molecule has 0 bridgehead atoms. The van der Waals surface area contributed by atoms with E-state index in [0.717, 1.165) is 9.86 Å². The lowest BCUT2D eigenvalue weighted by Gasteiger charge is -2.24. The van der Waals surface area contributed by atoms with E-state index < -0.39 is 0 Å². The maximum absolute atomic E-state index is 12.3. The number of halogens is 1. The van der Waals surface area contributed by atoms with E-state index in [2.05, 4.69) is 15.9 Å². The van der Waals surface area contributed by atoms with Crippen molar-refractivity contribution in [3.8, 4) is 0 Å². The van der Waals surface area contributed by atoms with Crippen molar-refractivity contribution in [3.05, 3.63) is 34.5 Å². The van der Waals surface area contributed by atoms with Crippen LogP contribution in [0.4, 0.5) is 0 Å². The van der Waals surface area contributed by atoms with Crippen LogP contribution >= 0.6 is 15.9 Å². The van der Waals surface area contributed by atoms with E-state index in [0.29, 0.717) is 37.3 Å². The highest BCUT2D eigenvalue weighted by atomic mass is 79.9. The van der Waals surface area contributed by atoms with Crippen LogP contribution in [0.15, 0.2) is 33.2 Å². The van der Waals surface area contributed by atoms with Gasteiger partial charge >= 0.3 is 0 Å². The average Bonchev–Trinajstić information content (AvgIpc) is 2.84. The molecular weight excluding hydrogens is 310 g/mol. The molecule has 1 aromatic carbocycles. The monoisotopic (exact) mass is 321 g/mol. The molecule has 0 radical (unpaired) electrons. The summed E-state index contributed by atoms with van der Waals surface area (Å²) in [5.74, 6) is 0.406. The van der Waals surface area contributed by atoms with Crippen LogP contribution in [-0.4, -0.2) is 29.7 Å². The molecule has 0 unspecified atom stereocenters.